The van der Waals surface area contributed by atoms with Gasteiger partial charge >= 0.3 is 11.9 Å². The van der Waals surface area contributed by atoms with E-state index >= 15 is 0 Å². The summed E-state index contributed by atoms with van der Waals surface area (Å²) < 4.78 is 6.47. The van der Waals surface area contributed by atoms with Crippen LogP contribution in [0.1, 0.15) is 58.0 Å². The maximum absolute atomic E-state index is 11.5. The molecule has 4 aromatic rings. The number of aliphatic carboxylic acids is 1. The predicted octanol–water partition coefficient (Wildman–Crippen LogP) is 6.56. The lowest BCUT2D eigenvalue weighted by Gasteiger charge is -2.28. The summed E-state index contributed by atoms with van der Waals surface area (Å²) in [5.41, 5.74) is 5.90. The molecule has 11 nitrogen and oxygen atoms in total. The summed E-state index contributed by atoms with van der Waals surface area (Å²) in [6.45, 7) is 7.43. The standard InChI is InChI=1S/C19H22N2O3.C11H13NO3.C11H18NO/c1-13-8-16(20-12-18-6-3-7-24-18)11-17(9-13)21-15-5-2-4-14(10-15)19(22)23;1-2-9(11(14)15)12-10(13)8-6-4-3-5-7-8;1-12(2,8-9-13)10-11-6-4-3-5-7-11/h2,4-5,8-11,18,20-21H,3,6-7,12H2,1H3,(H,22,23);3-7,9H,2H2,1H3,(H,12,13)(H,14,15);3-7,13H,8-10H2,1-2H3/q;;+1. The molecule has 0 aliphatic carbocycles. The monoisotopic (exact) mass is 713 g/mol. The number of rotatable bonds is 14. The molecule has 0 spiro atoms. The van der Waals surface area contributed by atoms with Crippen molar-refractivity contribution in [2.75, 3.05) is 51.0 Å². The minimum atomic E-state index is -1.01. The first-order chi connectivity index (χ1) is 24.9. The molecular weight excluding hydrogens is 660 g/mol. The van der Waals surface area contributed by atoms with Gasteiger partial charge in [0.2, 0.25) is 0 Å². The third-order valence-electron chi connectivity index (χ3n) is 8.24. The van der Waals surface area contributed by atoms with E-state index in [4.69, 9.17) is 20.1 Å². The van der Waals surface area contributed by atoms with E-state index in [9.17, 15) is 14.4 Å². The Labute approximate surface area is 306 Å². The normalized spacial score (nSPS) is 14.1. The van der Waals surface area contributed by atoms with Crippen molar-refractivity contribution in [3.8, 4) is 0 Å². The summed E-state index contributed by atoms with van der Waals surface area (Å²) in [6, 6.07) is 31.0. The van der Waals surface area contributed by atoms with Gasteiger partial charge in [-0.1, -0.05) is 61.5 Å². The minimum absolute atomic E-state index is 0.250. The van der Waals surface area contributed by atoms with Crippen molar-refractivity contribution in [2.45, 2.75) is 51.8 Å². The Morgan fingerprint density at radius 3 is 2.10 bits per heavy atom. The van der Waals surface area contributed by atoms with E-state index < -0.39 is 18.0 Å². The second-order valence-corrected chi connectivity index (χ2v) is 13.3. The van der Waals surface area contributed by atoms with Crippen LogP contribution >= 0.6 is 0 Å². The Kier molecular flexibility index (Phi) is 16.8. The molecule has 0 saturated carbocycles. The largest absolute Gasteiger partial charge is 0.480 e. The summed E-state index contributed by atoms with van der Waals surface area (Å²) in [5, 5.41) is 35.8. The molecule has 2 atom stereocenters. The Hall–Kier alpha value is -5.23. The van der Waals surface area contributed by atoms with E-state index in [1.165, 1.54) is 5.56 Å². The maximum Gasteiger partial charge on any atom is 0.335 e. The number of quaternary nitrogens is 1. The summed E-state index contributed by atoms with van der Waals surface area (Å²) in [7, 11) is 4.26. The van der Waals surface area contributed by atoms with Crippen molar-refractivity contribution < 1.29 is 38.9 Å². The van der Waals surface area contributed by atoms with Crippen LogP contribution in [-0.2, 0) is 16.1 Å². The quantitative estimate of drug-likeness (QED) is 0.0797. The number of carbonyl (C=O) groups is 3. The van der Waals surface area contributed by atoms with Gasteiger partial charge in [0.25, 0.3) is 5.91 Å². The number of aryl methyl sites for hydroxylation is 1. The van der Waals surface area contributed by atoms with Crippen LogP contribution in [0.3, 0.4) is 0 Å². The highest BCUT2D eigenvalue weighted by Gasteiger charge is 2.18. The second kappa shape index (κ2) is 21.2. The summed E-state index contributed by atoms with van der Waals surface area (Å²) >= 11 is 0. The van der Waals surface area contributed by atoms with Crippen molar-refractivity contribution in [3.63, 3.8) is 0 Å². The molecule has 1 aliphatic rings. The third kappa shape index (κ3) is 14.9. The number of carboxylic acid groups (broad SMARTS) is 2. The number of carbonyl (C=O) groups excluding carboxylic acids is 1. The highest BCUT2D eigenvalue weighted by atomic mass is 16.5. The van der Waals surface area contributed by atoms with Gasteiger partial charge in [-0.2, -0.15) is 0 Å². The highest BCUT2D eigenvalue weighted by molar-refractivity contribution is 5.96. The number of hydrogen-bond acceptors (Lipinski definition) is 7. The van der Waals surface area contributed by atoms with Crippen molar-refractivity contribution in [2.24, 2.45) is 0 Å². The van der Waals surface area contributed by atoms with Crippen LogP contribution in [0.25, 0.3) is 0 Å². The fourth-order valence-electron chi connectivity index (χ4n) is 5.49. The Bertz CT molecular complexity index is 1690. The lowest BCUT2D eigenvalue weighted by molar-refractivity contribution is -0.903. The number of anilines is 3. The van der Waals surface area contributed by atoms with E-state index in [0.717, 1.165) is 66.2 Å². The smallest absolute Gasteiger partial charge is 0.335 e. The summed E-state index contributed by atoms with van der Waals surface area (Å²) in [5.74, 6) is -2.30. The molecule has 2 unspecified atom stereocenters. The van der Waals surface area contributed by atoms with E-state index in [0.29, 0.717) is 12.0 Å². The number of aromatic carboxylic acids is 1. The van der Waals surface area contributed by atoms with E-state index in [1.54, 1.807) is 55.5 Å². The van der Waals surface area contributed by atoms with E-state index in [2.05, 4.69) is 48.2 Å². The van der Waals surface area contributed by atoms with Crippen LogP contribution in [-0.4, -0.2) is 90.2 Å². The Balaban J connectivity index is 0.000000225. The van der Waals surface area contributed by atoms with Gasteiger partial charge in [0.1, 0.15) is 19.1 Å². The molecule has 0 radical (unpaired) electrons. The molecule has 4 aromatic carbocycles. The van der Waals surface area contributed by atoms with Crippen LogP contribution in [0.15, 0.2) is 103 Å². The zero-order chi connectivity index (χ0) is 37.9. The first kappa shape index (κ1) is 41.2. The lowest BCUT2D eigenvalue weighted by Crippen LogP contribution is -2.40. The van der Waals surface area contributed by atoms with Gasteiger partial charge in [-0.15, -0.1) is 0 Å². The molecule has 0 bridgehead atoms. The number of ether oxygens (including phenoxy) is 1. The van der Waals surface area contributed by atoms with Gasteiger partial charge in [-0.05, 0) is 80.3 Å². The molecule has 52 heavy (non-hydrogen) atoms. The number of hydrogen-bond donors (Lipinski definition) is 6. The highest BCUT2D eigenvalue weighted by Crippen LogP contribution is 2.24. The molecule has 1 heterocycles. The number of amides is 1. The fraction of sp³-hybridized carbons (Fsp3) is 0.341. The predicted molar refractivity (Wildman–Crippen MR) is 205 cm³/mol. The lowest BCUT2D eigenvalue weighted by atomic mass is 10.1. The van der Waals surface area contributed by atoms with Crippen LogP contribution in [0, 0.1) is 6.92 Å². The van der Waals surface area contributed by atoms with Crippen molar-refractivity contribution in [1.29, 1.82) is 0 Å². The first-order valence-electron chi connectivity index (χ1n) is 17.5. The molecule has 5 rings (SSSR count). The van der Waals surface area contributed by atoms with Crippen LogP contribution in [0.4, 0.5) is 17.1 Å². The van der Waals surface area contributed by atoms with Crippen molar-refractivity contribution >= 4 is 34.9 Å². The van der Waals surface area contributed by atoms with Crippen LogP contribution in [0.5, 0.6) is 0 Å². The van der Waals surface area contributed by atoms with Crippen molar-refractivity contribution in [3.05, 3.63) is 125 Å². The van der Waals surface area contributed by atoms with Crippen LogP contribution < -0.4 is 16.0 Å². The average Bonchev–Trinajstić information content (AvgIpc) is 3.64. The molecule has 6 N–H and O–H groups in total. The molecule has 278 valence electrons. The summed E-state index contributed by atoms with van der Waals surface area (Å²) in [4.78, 5) is 33.3. The molecule has 1 fully saturated rings. The number of benzene rings is 4. The minimum Gasteiger partial charge on any atom is -0.480 e. The molecule has 1 saturated heterocycles. The zero-order valence-electron chi connectivity index (χ0n) is 30.5. The number of carboxylic acids is 2. The maximum atomic E-state index is 11.5. The second-order valence-electron chi connectivity index (χ2n) is 13.3. The number of nitrogens with one attached hydrogen (secondary N) is 3. The molecular formula is C41H53N4O7+. The third-order valence-corrected chi connectivity index (χ3v) is 8.24. The number of aliphatic hydroxyl groups excluding tert-OH is 1. The van der Waals surface area contributed by atoms with Crippen LogP contribution in [0.2, 0.25) is 0 Å². The van der Waals surface area contributed by atoms with Gasteiger partial charge in [0.05, 0.1) is 32.4 Å². The molecule has 1 aliphatic heterocycles. The Morgan fingerprint density at radius 2 is 1.50 bits per heavy atom. The van der Waals surface area contributed by atoms with E-state index in [1.807, 2.05) is 43.3 Å². The number of likely N-dealkylation sites (N-methyl/N-ethyl adjacent to an activating group) is 1. The topological polar surface area (TPSA) is 157 Å². The zero-order valence-corrected chi connectivity index (χ0v) is 30.5. The van der Waals surface area contributed by atoms with Crippen molar-refractivity contribution in [1.82, 2.24) is 5.32 Å². The number of nitrogens with zero attached hydrogens (tertiary/aromatic N) is 1. The van der Waals surface area contributed by atoms with Gasteiger partial charge in [-0.3, -0.25) is 4.79 Å². The average molecular weight is 714 g/mol. The number of aliphatic hydroxyl groups is 1. The summed E-state index contributed by atoms with van der Waals surface area (Å²) in [6.07, 6.45) is 2.89. The molecule has 0 aromatic heterocycles. The van der Waals surface area contributed by atoms with E-state index in [-0.39, 0.29) is 24.2 Å². The SMILES string of the molecule is CCC(NC(=O)c1ccccc1)C(=O)O.C[N+](C)(CCO)Cc1ccccc1.Cc1cc(NCC2CCCO2)cc(Nc2cccc(C(=O)O)c2)c1. The molecule has 1 amide bonds. The Morgan fingerprint density at radius 1 is 0.846 bits per heavy atom. The fourth-order valence-corrected chi connectivity index (χ4v) is 5.49. The first-order valence-corrected chi connectivity index (χ1v) is 17.5. The molecule has 11 heteroatoms. The van der Waals surface area contributed by atoms with Gasteiger partial charge in [0.15, 0.2) is 0 Å². The van der Waals surface area contributed by atoms with Gasteiger partial charge in [-0.25, -0.2) is 9.59 Å². The van der Waals surface area contributed by atoms with Gasteiger partial charge < -0.3 is 40.5 Å². The van der Waals surface area contributed by atoms with Gasteiger partial charge in [0, 0.05) is 41.3 Å².